The third kappa shape index (κ3) is 1.08. The molecule has 0 saturated heterocycles. The van der Waals surface area contributed by atoms with Gasteiger partial charge < -0.3 is 10.7 Å². The van der Waals surface area contributed by atoms with Gasteiger partial charge in [-0.05, 0) is 25.1 Å². The van der Waals surface area contributed by atoms with E-state index in [0.717, 1.165) is 24.1 Å². The normalized spacial score (nSPS) is 21.7. The molecule has 0 saturated carbocycles. The molecular weight excluding hydrogens is 158 g/mol. The van der Waals surface area contributed by atoms with Gasteiger partial charge in [-0.3, -0.25) is 0 Å². The predicted molar refractivity (Wildman–Crippen MR) is 44.7 cm³/mol. The largest absolute Gasteiger partial charge is 0.334 e. The summed E-state index contributed by atoms with van der Waals surface area (Å²) in [6, 6.07) is 0.157. The molecule has 2 rings (SSSR count). The Morgan fingerprint density at radius 1 is 1.73 bits per heavy atom. The van der Waals surface area contributed by atoms with Gasteiger partial charge in [-0.2, -0.15) is 0 Å². The van der Waals surface area contributed by atoms with Gasteiger partial charge in [0.2, 0.25) is 0 Å². The van der Waals surface area contributed by atoms with Crippen LogP contribution in [0.4, 0.5) is 0 Å². The number of aryl methyl sites for hydroxylation is 1. The van der Waals surface area contributed by atoms with E-state index in [0.29, 0.717) is 4.77 Å². The van der Waals surface area contributed by atoms with E-state index in [1.807, 2.05) is 0 Å². The van der Waals surface area contributed by atoms with E-state index in [-0.39, 0.29) is 6.04 Å². The zero-order valence-corrected chi connectivity index (χ0v) is 6.82. The van der Waals surface area contributed by atoms with Crippen molar-refractivity contribution in [1.82, 2.24) is 9.97 Å². The fourth-order valence-corrected chi connectivity index (χ4v) is 1.60. The maximum atomic E-state index is 5.80. The van der Waals surface area contributed by atoms with Crippen LogP contribution in [-0.2, 0) is 6.42 Å². The summed E-state index contributed by atoms with van der Waals surface area (Å²) in [6.45, 7) is 0. The van der Waals surface area contributed by atoms with Crippen molar-refractivity contribution in [1.29, 1.82) is 0 Å². The summed E-state index contributed by atoms with van der Waals surface area (Å²) in [5, 5.41) is 0. The summed E-state index contributed by atoms with van der Waals surface area (Å²) in [5.74, 6) is 0. The van der Waals surface area contributed by atoms with E-state index in [9.17, 15) is 0 Å². The zero-order valence-electron chi connectivity index (χ0n) is 6.00. The predicted octanol–water partition coefficient (Wildman–Crippen LogP) is 1.09. The molecule has 0 aromatic carbocycles. The highest BCUT2D eigenvalue weighted by atomic mass is 32.1. The fourth-order valence-electron chi connectivity index (χ4n) is 1.42. The SMILES string of the molecule is NC1CCc2[nH]c(=S)ncc21. The van der Waals surface area contributed by atoms with Gasteiger partial charge in [-0.25, -0.2) is 4.98 Å². The van der Waals surface area contributed by atoms with E-state index < -0.39 is 0 Å². The molecular formula is C7H9N3S. The maximum absolute atomic E-state index is 5.80. The van der Waals surface area contributed by atoms with Crippen molar-refractivity contribution < 1.29 is 0 Å². The molecule has 0 aliphatic heterocycles. The molecule has 1 aliphatic carbocycles. The van der Waals surface area contributed by atoms with Crippen LogP contribution < -0.4 is 5.73 Å². The Morgan fingerprint density at radius 3 is 3.36 bits per heavy atom. The Labute approximate surface area is 69.7 Å². The summed E-state index contributed by atoms with van der Waals surface area (Å²) in [4.78, 5) is 7.02. The van der Waals surface area contributed by atoms with Crippen molar-refractivity contribution in [3.05, 3.63) is 22.2 Å². The molecule has 0 radical (unpaired) electrons. The third-order valence-corrected chi connectivity index (χ3v) is 2.24. The zero-order chi connectivity index (χ0) is 7.84. The van der Waals surface area contributed by atoms with Crippen molar-refractivity contribution >= 4 is 12.2 Å². The van der Waals surface area contributed by atoms with Crippen molar-refractivity contribution in [3.63, 3.8) is 0 Å². The van der Waals surface area contributed by atoms with Crippen molar-refractivity contribution in [2.75, 3.05) is 0 Å². The lowest BCUT2D eigenvalue weighted by Crippen LogP contribution is -2.05. The number of aromatic nitrogens is 2. The van der Waals surface area contributed by atoms with Gasteiger partial charge in [-0.15, -0.1) is 0 Å². The minimum Gasteiger partial charge on any atom is -0.334 e. The maximum Gasteiger partial charge on any atom is 0.196 e. The molecule has 11 heavy (non-hydrogen) atoms. The highest BCUT2D eigenvalue weighted by Crippen LogP contribution is 2.25. The molecule has 58 valence electrons. The first kappa shape index (κ1) is 6.94. The Balaban J connectivity index is 2.59. The Hall–Kier alpha value is -0.740. The molecule has 4 heteroatoms. The number of nitrogens with one attached hydrogen (secondary N) is 1. The second kappa shape index (κ2) is 2.39. The summed E-state index contributed by atoms with van der Waals surface area (Å²) >= 11 is 4.88. The molecule has 1 aromatic heterocycles. The molecule has 0 bridgehead atoms. The molecule has 0 amide bonds. The fraction of sp³-hybridized carbons (Fsp3) is 0.429. The molecule has 1 aliphatic rings. The lowest BCUT2D eigenvalue weighted by atomic mass is 10.2. The summed E-state index contributed by atoms with van der Waals surface area (Å²) < 4.78 is 0.554. The Bertz CT molecular complexity index is 331. The second-order valence-corrected chi connectivity index (χ2v) is 3.15. The minimum absolute atomic E-state index is 0.157. The first-order valence-electron chi connectivity index (χ1n) is 3.61. The van der Waals surface area contributed by atoms with Crippen LogP contribution >= 0.6 is 12.2 Å². The van der Waals surface area contributed by atoms with Gasteiger partial charge in [-0.1, -0.05) is 0 Å². The lowest BCUT2D eigenvalue weighted by Gasteiger charge is -2.01. The summed E-state index contributed by atoms with van der Waals surface area (Å²) in [6.07, 6.45) is 3.79. The van der Waals surface area contributed by atoms with Crippen LogP contribution in [0.2, 0.25) is 0 Å². The van der Waals surface area contributed by atoms with Crippen LogP contribution in [0.15, 0.2) is 6.20 Å². The number of hydrogen-bond acceptors (Lipinski definition) is 3. The average Bonchev–Trinajstić information content (AvgIpc) is 2.32. The summed E-state index contributed by atoms with van der Waals surface area (Å²) in [5.41, 5.74) is 8.09. The topological polar surface area (TPSA) is 54.7 Å². The van der Waals surface area contributed by atoms with Gasteiger partial charge in [0.15, 0.2) is 4.77 Å². The van der Waals surface area contributed by atoms with Gasteiger partial charge >= 0.3 is 0 Å². The number of rotatable bonds is 0. The van der Waals surface area contributed by atoms with E-state index in [1.54, 1.807) is 6.20 Å². The molecule has 0 spiro atoms. The smallest absolute Gasteiger partial charge is 0.196 e. The van der Waals surface area contributed by atoms with Crippen LogP contribution in [0, 0.1) is 4.77 Å². The highest BCUT2D eigenvalue weighted by Gasteiger charge is 2.18. The van der Waals surface area contributed by atoms with Crippen molar-refractivity contribution in [2.24, 2.45) is 5.73 Å². The molecule has 3 N–H and O–H groups in total. The van der Waals surface area contributed by atoms with Gasteiger partial charge in [0.05, 0.1) is 0 Å². The number of fused-ring (bicyclic) bond motifs is 1. The monoisotopic (exact) mass is 167 g/mol. The van der Waals surface area contributed by atoms with Gasteiger partial charge in [0.1, 0.15) is 0 Å². The molecule has 1 unspecified atom stereocenters. The third-order valence-electron chi connectivity index (χ3n) is 2.03. The van der Waals surface area contributed by atoms with Crippen molar-refractivity contribution in [3.8, 4) is 0 Å². The van der Waals surface area contributed by atoms with E-state index in [2.05, 4.69) is 9.97 Å². The number of hydrogen-bond donors (Lipinski definition) is 2. The van der Waals surface area contributed by atoms with Crippen LogP contribution in [0.5, 0.6) is 0 Å². The first-order chi connectivity index (χ1) is 5.27. The Morgan fingerprint density at radius 2 is 2.55 bits per heavy atom. The number of H-pyrrole nitrogens is 1. The molecule has 0 fully saturated rings. The standard InChI is InChI=1S/C7H9N3S/c8-5-1-2-6-4(5)3-9-7(11)10-6/h3,5H,1-2,8H2,(H,9,10,11). The lowest BCUT2D eigenvalue weighted by molar-refractivity contribution is 0.711. The molecule has 1 atom stereocenters. The number of nitrogens with two attached hydrogens (primary N) is 1. The minimum atomic E-state index is 0.157. The number of aromatic amines is 1. The van der Waals surface area contributed by atoms with Gasteiger partial charge in [0.25, 0.3) is 0 Å². The van der Waals surface area contributed by atoms with E-state index in [1.165, 1.54) is 0 Å². The van der Waals surface area contributed by atoms with Crippen LogP contribution in [0.1, 0.15) is 23.7 Å². The van der Waals surface area contributed by atoms with E-state index in [4.69, 9.17) is 18.0 Å². The molecule has 3 nitrogen and oxygen atoms in total. The van der Waals surface area contributed by atoms with E-state index >= 15 is 0 Å². The Kier molecular flexibility index (Phi) is 1.51. The first-order valence-corrected chi connectivity index (χ1v) is 4.02. The van der Waals surface area contributed by atoms with Crippen LogP contribution in [0.25, 0.3) is 0 Å². The summed E-state index contributed by atoms with van der Waals surface area (Å²) in [7, 11) is 0. The molecule has 1 aromatic rings. The number of nitrogens with zero attached hydrogens (tertiary/aromatic N) is 1. The average molecular weight is 167 g/mol. The quantitative estimate of drug-likeness (QED) is 0.569. The van der Waals surface area contributed by atoms with Gasteiger partial charge in [0, 0.05) is 23.5 Å². The molecule has 1 heterocycles. The van der Waals surface area contributed by atoms with Crippen LogP contribution in [0.3, 0.4) is 0 Å². The second-order valence-electron chi connectivity index (χ2n) is 2.77. The van der Waals surface area contributed by atoms with Crippen molar-refractivity contribution in [2.45, 2.75) is 18.9 Å². The van der Waals surface area contributed by atoms with Crippen LogP contribution in [-0.4, -0.2) is 9.97 Å². The highest BCUT2D eigenvalue weighted by molar-refractivity contribution is 7.71.